The highest BCUT2D eigenvalue weighted by molar-refractivity contribution is 5.74. The van der Waals surface area contributed by atoms with E-state index in [2.05, 4.69) is 5.32 Å². The van der Waals surface area contributed by atoms with Crippen molar-refractivity contribution in [2.24, 2.45) is 0 Å². The van der Waals surface area contributed by atoms with Crippen LogP contribution in [0, 0.1) is 0 Å². The van der Waals surface area contributed by atoms with Gasteiger partial charge >= 0.3 is 0 Å². The summed E-state index contributed by atoms with van der Waals surface area (Å²) in [5, 5.41) is 32.1. The first-order valence-corrected chi connectivity index (χ1v) is 6.04. The summed E-state index contributed by atoms with van der Waals surface area (Å²) >= 11 is 0. The van der Waals surface area contributed by atoms with E-state index in [4.69, 9.17) is 9.47 Å². The molecule has 0 spiro atoms. The molecule has 1 aliphatic heterocycles. The van der Waals surface area contributed by atoms with Gasteiger partial charge in [0.05, 0.1) is 18.8 Å². The van der Waals surface area contributed by atoms with Crippen molar-refractivity contribution in [3.05, 3.63) is 11.8 Å². The molecule has 1 heterocycles. The Morgan fingerprint density at radius 2 is 2.25 bits per heavy atom. The van der Waals surface area contributed by atoms with Crippen LogP contribution in [-0.2, 0) is 19.1 Å². The average Bonchev–Trinajstić information content (AvgIpc) is 2.39. The van der Waals surface area contributed by atoms with Crippen molar-refractivity contribution in [3.63, 3.8) is 0 Å². The van der Waals surface area contributed by atoms with Gasteiger partial charge in [-0.3, -0.25) is 9.59 Å². The van der Waals surface area contributed by atoms with E-state index in [0.29, 0.717) is 6.29 Å². The fourth-order valence-electron chi connectivity index (χ4n) is 1.98. The van der Waals surface area contributed by atoms with E-state index in [9.17, 15) is 24.9 Å². The van der Waals surface area contributed by atoms with E-state index in [1.165, 1.54) is 14.0 Å². The molecule has 0 radical (unpaired) electrons. The van der Waals surface area contributed by atoms with Crippen LogP contribution in [0.4, 0.5) is 0 Å². The SMILES string of the molecule is COC[C@@H](O)[C@@H](O)C1OC(C=O)=CC(O)[C@H]1NC(C)=O. The predicted molar refractivity (Wildman–Crippen MR) is 66.5 cm³/mol. The van der Waals surface area contributed by atoms with Gasteiger partial charge in [0, 0.05) is 14.0 Å². The number of aliphatic hydroxyl groups excluding tert-OH is 3. The zero-order valence-electron chi connectivity index (χ0n) is 11.2. The van der Waals surface area contributed by atoms with Crippen molar-refractivity contribution < 1.29 is 34.4 Å². The van der Waals surface area contributed by atoms with Gasteiger partial charge < -0.3 is 30.1 Å². The first-order chi connectivity index (χ1) is 9.40. The molecule has 2 unspecified atom stereocenters. The number of nitrogens with one attached hydrogen (secondary N) is 1. The molecule has 20 heavy (non-hydrogen) atoms. The van der Waals surface area contributed by atoms with Crippen molar-refractivity contribution in [2.45, 2.75) is 37.4 Å². The highest BCUT2D eigenvalue weighted by atomic mass is 16.5. The number of methoxy groups -OCH3 is 1. The largest absolute Gasteiger partial charge is 0.482 e. The second-order valence-electron chi connectivity index (χ2n) is 4.50. The first kappa shape index (κ1) is 16.6. The Kier molecular flexibility index (Phi) is 6.08. The van der Waals surface area contributed by atoms with Crippen molar-refractivity contribution >= 4 is 12.2 Å². The lowest BCUT2D eigenvalue weighted by atomic mass is 9.94. The minimum atomic E-state index is -1.45. The summed E-state index contributed by atoms with van der Waals surface area (Å²) in [7, 11) is 1.34. The van der Waals surface area contributed by atoms with Crippen molar-refractivity contribution in [2.75, 3.05) is 13.7 Å². The summed E-state index contributed by atoms with van der Waals surface area (Å²) in [4.78, 5) is 21.9. The predicted octanol–water partition coefficient (Wildman–Crippen LogP) is -2.30. The zero-order valence-corrected chi connectivity index (χ0v) is 11.2. The van der Waals surface area contributed by atoms with E-state index < -0.39 is 36.4 Å². The summed E-state index contributed by atoms with van der Waals surface area (Å²) < 4.78 is 9.91. The normalized spacial score (nSPS) is 28.9. The van der Waals surface area contributed by atoms with Gasteiger partial charge in [-0.2, -0.15) is 0 Å². The number of carbonyl (C=O) groups is 2. The van der Waals surface area contributed by atoms with Crippen LogP contribution in [0.3, 0.4) is 0 Å². The van der Waals surface area contributed by atoms with E-state index in [-0.39, 0.29) is 12.4 Å². The summed E-state index contributed by atoms with van der Waals surface area (Å²) in [6, 6.07) is -0.988. The lowest BCUT2D eigenvalue weighted by Gasteiger charge is -2.38. The maximum absolute atomic E-state index is 11.1. The fraction of sp³-hybridized carbons (Fsp3) is 0.667. The van der Waals surface area contributed by atoms with E-state index >= 15 is 0 Å². The number of amides is 1. The molecule has 0 aromatic heterocycles. The van der Waals surface area contributed by atoms with Crippen LogP contribution in [0.5, 0.6) is 0 Å². The molecule has 0 aromatic rings. The second kappa shape index (κ2) is 7.34. The molecule has 0 saturated carbocycles. The van der Waals surface area contributed by atoms with E-state index in [0.717, 1.165) is 6.08 Å². The highest BCUT2D eigenvalue weighted by Gasteiger charge is 2.41. The van der Waals surface area contributed by atoms with Crippen molar-refractivity contribution in [3.8, 4) is 0 Å². The monoisotopic (exact) mass is 289 g/mol. The second-order valence-corrected chi connectivity index (χ2v) is 4.50. The molecule has 5 atom stereocenters. The molecule has 4 N–H and O–H groups in total. The van der Waals surface area contributed by atoms with E-state index in [1.54, 1.807) is 0 Å². The molecular weight excluding hydrogens is 270 g/mol. The molecular formula is C12H19NO7. The molecule has 1 aliphatic rings. The minimum Gasteiger partial charge on any atom is -0.482 e. The minimum absolute atomic E-state index is 0.163. The highest BCUT2D eigenvalue weighted by Crippen LogP contribution is 2.21. The van der Waals surface area contributed by atoms with Crippen LogP contribution in [-0.4, -0.2) is 71.7 Å². The van der Waals surface area contributed by atoms with Gasteiger partial charge in [0.15, 0.2) is 18.1 Å². The lowest BCUT2D eigenvalue weighted by molar-refractivity contribution is -0.135. The maximum atomic E-state index is 11.1. The Morgan fingerprint density at radius 1 is 1.60 bits per heavy atom. The topological polar surface area (TPSA) is 125 Å². The third-order valence-corrected chi connectivity index (χ3v) is 2.88. The van der Waals surface area contributed by atoms with Gasteiger partial charge in [0.1, 0.15) is 12.2 Å². The molecule has 8 nitrogen and oxygen atoms in total. The third kappa shape index (κ3) is 4.01. The average molecular weight is 289 g/mol. The van der Waals surface area contributed by atoms with Crippen molar-refractivity contribution in [1.29, 1.82) is 0 Å². The lowest BCUT2D eigenvalue weighted by Crippen LogP contribution is -2.59. The zero-order chi connectivity index (χ0) is 15.3. The molecule has 1 rings (SSSR count). The van der Waals surface area contributed by atoms with Gasteiger partial charge in [0.2, 0.25) is 5.91 Å². The van der Waals surface area contributed by atoms with Crippen LogP contribution in [0.2, 0.25) is 0 Å². The fourth-order valence-corrected chi connectivity index (χ4v) is 1.98. The van der Waals surface area contributed by atoms with Gasteiger partial charge in [0.25, 0.3) is 0 Å². The third-order valence-electron chi connectivity index (χ3n) is 2.88. The number of carbonyl (C=O) groups excluding carboxylic acids is 2. The molecule has 0 saturated heterocycles. The van der Waals surface area contributed by atoms with Crippen LogP contribution in [0.1, 0.15) is 6.92 Å². The molecule has 8 heteroatoms. The van der Waals surface area contributed by atoms with Crippen LogP contribution in [0.15, 0.2) is 11.8 Å². The van der Waals surface area contributed by atoms with Crippen LogP contribution < -0.4 is 5.32 Å². The van der Waals surface area contributed by atoms with E-state index in [1.807, 2.05) is 0 Å². The van der Waals surface area contributed by atoms with Crippen LogP contribution in [0.25, 0.3) is 0 Å². The quantitative estimate of drug-likeness (QED) is 0.405. The summed E-state index contributed by atoms with van der Waals surface area (Å²) in [5.41, 5.74) is 0. The van der Waals surface area contributed by atoms with Gasteiger partial charge in [-0.05, 0) is 6.08 Å². The smallest absolute Gasteiger partial charge is 0.217 e. The number of ether oxygens (including phenoxy) is 2. The van der Waals surface area contributed by atoms with Crippen molar-refractivity contribution in [1.82, 2.24) is 5.32 Å². The Hall–Kier alpha value is -1.48. The summed E-state index contributed by atoms with van der Waals surface area (Å²) in [6.07, 6.45) is -3.65. The standard InChI is InChI=1S/C12H19NO7/c1-6(15)13-10-8(16)3-7(4-14)20-12(10)11(18)9(17)5-19-2/h3-4,8-12,16-18H,5H2,1-2H3,(H,13,15)/t8?,9-,10-,11-,12?/m1/s1. The Labute approximate surface area is 116 Å². The van der Waals surface area contributed by atoms with Crippen LogP contribution >= 0.6 is 0 Å². The number of aliphatic hydroxyl groups is 3. The molecule has 114 valence electrons. The number of hydrogen-bond donors (Lipinski definition) is 4. The molecule has 0 aliphatic carbocycles. The molecule has 0 fully saturated rings. The molecule has 0 bridgehead atoms. The van der Waals surface area contributed by atoms with Gasteiger partial charge in [-0.15, -0.1) is 0 Å². The number of allylic oxidation sites excluding steroid dienone is 1. The summed E-state index contributed by atoms with van der Waals surface area (Å²) in [5.74, 6) is -0.619. The Balaban J connectivity index is 2.94. The first-order valence-electron chi connectivity index (χ1n) is 6.04. The van der Waals surface area contributed by atoms with Gasteiger partial charge in [-0.25, -0.2) is 0 Å². The Morgan fingerprint density at radius 3 is 2.75 bits per heavy atom. The maximum Gasteiger partial charge on any atom is 0.217 e. The molecule has 0 aromatic carbocycles. The Bertz CT molecular complexity index is 384. The van der Waals surface area contributed by atoms with Gasteiger partial charge in [-0.1, -0.05) is 0 Å². The number of hydrogen-bond acceptors (Lipinski definition) is 7. The summed E-state index contributed by atoms with van der Waals surface area (Å²) in [6.45, 7) is 1.07. The number of aldehydes is 1. The molecule has 1 amide bonds. The number of rotatable bonds is 6.